The Labute approximate surface area is 118 Å². The summed E-state index contributed by atoms with van der Waals surface area (Å²) in [7, 11) is 0. The highest BCUT2D eigenvalue weighted by Gasteiger charge is 2.25. The van der Waals surface area contributed by atoms with E-state index < -0.39 is 5.54 Å². The molecule has 1 aliphatic rings. The molecule has 0 heterocycles. The highest BCUT2D eigenvalue weighted by Crippen LogP contribution is 2.29. The van der Waals surface area contributed by atoms with Crippen LogP contribution in [0.3, 0.4) is 0 Å². The van der Waals surface area contributed by atoms with Gasteiger partial charge in [0.05, 0.1) is 12.2 Å². The zero-order valence-corrected chi connectivity index (χ0v) is 12.9. The van der Waals surface area contributed by atoms with Crippen molar-refractivity contribution >= 4 is 0 Å². The van der Waals surface area contributed by atoms with Crippen molar-refractivity contribution in [2.45, 2.75) is 77.4 Å². The lowest BCUT2D eigenvalue weighted by molar-refractivity contribution is -0.0145. The zero-order chi connectivity index (χ0) is 14.1. The number of ether oxygens (including phenoxy) is 1. The van der Waals surface area contributed by atoms with Crippen molar-refractivity contribution < 1.29 is 4.74 Å². The third-order valence-electron chi connectivity index (χ3n) is 4.33. The molecule has 1 saturated carbocycles. The van der Waals surface area contributed by atoms with Crippen LogP contribution < -0.4 is 5.32 Å². The van der Waals surface area contributed by atoms with E-state index in [1.165, 1.54) is 32.1 Å². The maximum atomic E-state index is 9.19. The Morgan fingerprint density at radius 1 is 1.32 bits per heavy atom. The number of hydrogen-bond acceptors (Lipinski definition) is 3. The molecule has 3 heteroatoms. The van der Waals surface area contributed by atoms with Crippen LogP contribution in [-0.2, 0) is 4.74 Å². The van der Waals surface area contributed by atoms with Crippen LogP contribution in [0, 0.1) is 17.2 Å². The summed E-state index contributed by atoms with van der Waals surface area (Å²) >= 11 is 0. The second kappa shape index (κ2) is 8.55. The summed E-state index contributed by atoms with van der Waals surface area (Å²) in [5.41, 5.74) is -0.394. The van der Waals surface area contributed by atoms with Gasteiger partial charge in [-0.25, -0.2) is 0 Å². The molecule has 0 aliphatic heterocycles. The van der Waals surface area contributed by atoms with Crippen molar-refractivity contribution in [2.24, 2.45) is 5.92 Å². The summed E-state index contributed by atoms with van der Waals surface area (Å²) in [6, 6.07) is 2.37. The molecule has 110 valence electrons. The monoisotopic (exact) mass is 266 g/mol. The van der Waals surface area contributed by atoms with Gasteiger partial charge in [-0.2, -0.15) is 5.26 Å². The van der Waals surface area contributed by atoms with Crippen molar-refractivity contribution in [1.29, 1.82) is 5.26 Å². The second-order valence-corrected chi connectivity index (χ2v) is 5.94. The Hall–Kier alpha value is -0.590. The largest absolute Gasteiger partial charge is 0.378 e. The Bertz CT molecular complexity index is 287. The standard InChI is InChI=1S/C16H30N2O/c1-4-14-9-6-7-10-15(14)19-12-8-11-16(3,13-17)18-5-2/h14-15,18H,4-12H2,1-3H3. The minimum Gasteiger partial charge on any atom is -0.378 e. The zero-order valence-electron chi connectivity index (χ0n) is 12.9. The Morgan fingerprint density at radius 2 is 2.05 bits per heavy atom. The van der Waals surface area contributed by atoms with Crippen molar-refractivity contribution in [1.82, 2.24) is 5.32 Å². The van der Waals surface area contributed by atoms with Crippen LogP contribution in [0.25, 0.3) is 0 Å². The van der Waals surface area contributed by atoms with Crippen molar-refractivity contribution in [2.75, 3.05) is 13.2 Å². The molecular formula is C16H30N2O. The van der Waals surface area contributed by atoms with Gasteiger partial charge < -0.3 is 4.74 Å². The summed E-state index contributed by atoms with van der Waals surface area (Å²) in [5, 5.41) is 12.4. The number of nitriles is 1. The lowest BCUT2D eigenvalue weighted by Gasteiger charge is -2.31. The van der Waals surface area contributed by atoms with E-state index in [4.69, 9.17) is 4.74 Å². The third-order valence-corrected chi connectivity index (χ3v) is 4.33. The molecule has 19 heavy (non-hydrogen) atoms. The first-order chi connectivity index (χ1) is 9.15. The first-order valence-corrected chi connectivity index (χ1v) is 7.93. The summed E-state index contributed by atoms with van der Waals surface area (Å²) in [6.45, 7) is 7.92. The van der Waals surface area contributed by atoms with E-state index in [1.807, 2.05) is 13.8 Å². The Balaban J connectivity index is 2.24. The molecule has 1 rings (SSSR count). The normalized spacial score (nSPS) is 26.6. The Morgan fingerprint density at radius 3 is 2.68 bits per heavy atom. The summed E-state index contributed by atoms with van der Waals surface area (Å²) in [6.07, 6.45) is 8.75. The second-order valence-electron chi connectivity index (χ2n) is 5.94. The predicted molar refractivity (Wildman–Crippen MR) is 78.9 cm³/mol. The quantitative estimate of drug-likeness (QED) is 0.682. The fraction of sp³-hybridized carbons (Fsp3) is 0.938. The first-order valence-electron chi connectivity index (χ1n) is 7.93. The molecule has 0 aromatic rings. The predicted octanol–water partition coefficient (Wildman–Crippen LogP) is 3.64. The molecule has 0 spiro atoms. The SMILES string of the molecule is CCNC(C)(C#N)CCCOC1CCCCC1CC. The molecular weight excluding hydrogens is 236 g/mol. The maximum absolute atomic E-state index is 9.19. The van der Waals surface area contributed by atoms with Crippen molar-refractivity contribution in [3.05, 3.63) is 0 Å². The van der Waals surface area contributed by atoms with Crippen LogP contribution in [0.1, 0.15) is 65.7 Å². The molecule has 0 amide bonds. The molecule has 3 unspecified atom stereocenters. The lowest BCUT2D eigenvalue weighted by Crippen LogP contribution is -2.41. The summed E-state index contributed by atoms with van der Waals surface area (Å²) in [5.74, 6) is 0.755. The molecule has 0 radical (unpaired) electrons. The minimum atomic E-state index is -0.394. The van der Waals surface area contributed by atoms with Gasteiger partial charge in [0.1, 0.15) is 5.54 Å². The topological polar surface area (TPSA) is 45.0 Å². The van der Waals surface area contributed by atoms with Gasteiger partial charge in [0, 0.05) is 6.61 Å². The molecule has 0 aromatic carbocycles. The van der Waals surface area contributed by atoms with Crippen LogP contribution >= 0.6 is 0 Å². The summed E-state index contributed by atoms with van der Waals surface area (Å²) < 4.78 is 6.07. The van der Waals surface area contributed by atoms with E-state index in [0.29, 0.717) is 6.10 Å². The molecule has 1 N–H and O–H groups in total. The fourth-order valence-electron chi connectivity index (χ4n) is 3.09. The number of rotatable bonds is 8. The van der Waals surface area contributed by atoms with Crippen LogP contribution in [-0.4, -0.2) is 24.8 Å². The molecule has 0 bridgehead atoms. The van der Waals surface area contributed by atoms with Gasteiger partial charge in [-0.3, -0.25) is 5.32 Å². The van der Waals surface area contributed by atoms with E-state index in [-0.39, 0.29) is 0 Å². The summed E-state index contributed by atoms with van der Waals surface area (Å²) in [4.78, 5) is 0. The van der Waals surface area contributed by atoms with Crippen LogP contribution in [0.5, 0.6) is 0 Å². The highest BCUT2D eigenvalue weighted by atomic mass is 16.5. The van der Waals surface area contributed by atoms with Gasteiger partial charge >= 0.3 is 0 Å². The van der Waals surface area contributed by atoms with Gasteiger partial charge in [-0.1, -0.05) is 33.1 Å². The van der Waals surface area contributed by atoms with Gasteiger partial charge in [-0.05, 0) is 45.1 Å². The molecule has 0 saturated heterocycles. The van der Waals surface area contributed by atoms with Crippen LogP contribution in [0.15, 0.2) is 0 Å². The highest BCUT2D eigenvalue weighted by molar-refractivity contribution is 5.03. The number of hydrogen-bond donors (Lipinski definition) is 1. The van der Waals surface area contributed by atoms with Gasteiger partial charge in [0.15, 0.2) is 0 Å². The van der Waals surface area contributed by atoms with Gasteiger partial charge in [-0.15, -0.1) is 0 Å². The number of nitrogens with zero attached hydrogens (tertiary/aromatic N) is 1. The molecule has 3 atom stereocenters. The maximum Gasteiger partial charge on any atom is 0.104 e. The fourth-order valence-corrected chi connectivity index (χ4v) is 3.09. The first kappa shape index (κ1) is 16.5. The lowest BCUT2D eigenvalue weighted by atomic mass is 9.85. The number of nitrogens with one attached hydrogen (secondary N) is 1. The van der Waals surface area contributed by atoms with Crippen LogP contribution in [0.2, 0.25) is 0 Å². The molecule has 1 aliphatic carbocycles. The minimum absolute atomic E-state index is 0.394. The molecule has 3 nitrogen and oxygen atoms in total. The average Bonchev–Trinajstić information content (AvgIpc) is 2.44. The average molecular weight is 266 g/mol. The van der Waals surface area contributed by atoms with E-state index in [9.17, 15) is 5.26 Å². The Kier molecular flexibility index (Phi) is 7.41. The smallest absolute Gasteiger partial charge is 0.104 e. The van der Waals surface area contributed by atoms with Gasteiger partial charge in [0.25, 0.3) is 0 Å². The van der Waals surface area contributed by atoms with Crippen molar-refractivity contribution in [3.63, 3.8) is 0 Å². The van der Waals surface area contributed by atoms with Gasteiger partial charge in [0.2, 0.25) is 0 Å². The van der Waals surface area contributed by atoms with E-state index in [2.05, 4.69) is 18.3 Å². The third kappa shape index (κ3) is 5.50. The van der Waals surface area contributed by atoms with E-state index >= 15 is 0 Å². The molecule has 0 aromatic heterocycles. The van der Waals surface area contributed by atoms with Crippen LogP contribution in [0.4, 0.5) is 0 Å². The van der Waals surface area contributed by atoms with E-state index in [1.54, 1.807) is 0 Å². The van der Waals surface area contributed by atoms with E-state index in [0.717, 1.165) is 31.9 Å². The molecule has 1 fully saturated rings. The van der Waals surface area contributed by atoms with Crippen molar-refractivity contribution in [3.8, 4) is 6.07 Å².